The molecule has 1 saturated heterocycles. The van der Waals surface area contributed by atoms with E-state index in [2.05, 4.69) is 37.1 Å². The van der Waals surface area contributed by atoms with E-state index in [1.807, 2.05) is 0 Å². The second-order valence-electron chi connectivity index (χ2n) is 5.01. The van der Waals surface area contributed by atoms with Crippen LogP contribution >= 0.6 is 0 Å². The summed E-state index contributed by atoms with van der Waals surface area (Å²) in [6.45, 7) is 5.39. The average molecular weight is 260 g/mol. The van der Waals surface area contributed by atoms with Crippen LogP contribution in [0.5, 0.6) is 0 Å². The fourth-order valence-corrected chi connectivity index (χ4v) is 2.64. The highest BCUT2D eigenvalue weighted by atomic mass is 15.2. The van der Waals surface area contributed by atoms with Gasteiger partial charge >= 0.3 is 0 Å². The summed E-state index contributed by atoms with van der Waals surface area (Å²) < 4.78 is 0. The number of hydrogen-bond acceptors (Lipinski definition) is 5. The van der Waals surface area contributed by atoms with Crippen LogP contribution in [0, 0.1) is 0 Å². The number of imidazole rings is 1. The molecular formula is C13H20N6. The number of aromatic nitrogens is 4. The first-order chi connectivity index (χ1) is 9.38. The van der Waals surface area contributed by atoms with E-state index in [-0.39, 0.29) is 0 Å². The monoisotopic (exact) mass is 260 g/mol. The van der Waals surface area contributed by atoms with Gasteiger partial charge in [0, 0.05) is 19.1 Å². The molecule has 1 aliphatic rings. The molecule has 0 bridgehead atoms. The Bertz CT molecular complexity index is 529. The maximum atomic E-state index is 4.41. The Balaban J connectivity index is 1.69. The van der Waals surface area contributed by atoms with Crippen LogP contribution < -0.4 is 10.2 Å². The number of H-pyrrole nitrogens is 1. The van der Waals surface area contributed by atoms with Crippen LogP contribution in [0.15, 0.2) is 12.7 Å². The average Bonchev–Trinajstić information content (AvgIpc) is 2.94. The Kier molecular flexibility index (Phi) is 3.59. The third kappa shape index (κ3) is 2.53. The van der Waals surface area contributed by atoms with Crippen molar-refractivity contribution in [2.45, 2.75) is 32.2 Å². The maximum Gasteiger partial charge on any atom is 0.182 e. The number of nitrogens with zero attached hydrogens (tertiary/aromatic N) is 4. The van der Waals surface area contributed by atoms with E-state index in [1.54, 1.807) is 12.7 Å². The number of aromatic amines is 1. The molecule has 6 nitrogen and oxygen atoms in total. The Hall–Kier alpha value is -1.69. The minimum atomic E-state index is 0.648. The number of hydrogen-bond donors (Lipinski definition) is 2. The molecule has 102 valence electrons. The van der Waals surface area contributed by atoms with Crippen molar-refractivity contribution in [1.29, 1.82) is 0 Å². The maximum absolute atomic E-state index is 4.41. The van der Waals surface area contributed by atoms with Gasteiger partial charge in [0.1, 0.15) is 11.8 Å². The lowest BCUT2D eigenvalue weighted by Crippen LogP contribution is -2.43. The fraction of sp³-hybridized carbons (Fsp3) is 0.615. The Morgan fingerprint density at radius 3 is 2.95 bits per heavy atom. The second-order valence-corrected chi connectivity index (χ2v) is 5.01. The summed E-state index contributed by atoms with van der Waals surface area (Å²) in [7, 11) is 0. The van der Waals surface area contributed by atoms with Crippen molar-refractivity contribution in [1.82, 2.24) is 25.3 Å². The summed E-state index contributed by atoms with van der Waals surface area (Å²) in [4.78, 5) is 18.2. The quantitative estimate of drug-likeness (QED) is 0.867. The number of anilines is 1. The largest absolute Gasteiger partial charge is 0.355 e. The van der Waals surface area contributed by atoms with Crippen LogP contribution in [-0.4, -0.2) is 45.6 Å². The number of rotatable bonds is 4. The molecule has 6 heteroatoms. The van der Waals surface area contributed by atoms with Crippen LogP contribution in [0.2, 0.25) is 0 Å². The Morgan fingerprint density at radius 1 is 1.32 bits per heavy atom. The predicted molar refractivity (Wildman–Crippen MR) is 75.2 cm³/mol. The van der Waals surface area contributed by atoms with E-state index >= 15 is 0 Å². The van der Waals surface area contributed by atoms with Gasteiger partial charge in [-0.15, -0.1) is 0 Å². The fourth-order valence-electron chi connectivity index (χ4n) is 2.64. The SMILES string of the molecule is CCCNC1CCN(c2ncnc3nc[nH]c23)CC1. The van der Waals surface area contributed by atoms with E-state index < -0.39 is 0 Å². The summed E-state index contributed by atoms with van der Waals surface area (Å²) in [5.41, 5.74) is 1.69. The van der Waals surface area contributed by atoms with Gasteiger partial charge in [0.15, 0.2) is 11.5 Å². The highest BCUT2D eigenvalue weighted by Gasteiger charge is 2.21. The molecule has 0 radical (unpaired) electrons. The molecule has 1 aliphatic heterocycles. The van der Waals surface area contributed by atoms with E-state index in [4.69, 9.17) is 0 Å². The Morgan fingerprint density at radius 2 is 2.16 bits per heavy atom. The summed E-state index contributed by atoms with van der Waals surface area (Å²) in [6.07, 6.45) is 6.80. The van der Waals surface area contributed by atoms with Crippen LogP contribution in [-0.2, 0) is 0 Å². The predicted octanol–water partition coefficient (Wildman–Crippen LogP) is 1.32. The van der Waals surface area contributed by atoms with Gasteiger partial charge in [0.05, 0.1) is 6.33 Å². The Labute approximate surface area is 112 Å². The molecule has 3 heterocycles. The molecule has 2 N–H and O–H groups in total. The molecule has 2 aromatic rings. The molecule has 0 spiro atoms. The summed E-state index contributed by atoms with van der Waals surface area (Å²) in [5, 5.41) is 3.60. The molecule has 0 amide bonds. The van der Waals surface area contributed by atoms with E-state index in [0.717, 1.165) is 36.6 Å². The van der Waals surface area contributed by atoms with Crippen LogP contribution in [0.3, 0.4) is 0 Å². The molecule has 0 atom stereocenters. The van der Waals surface area contributed by atoms with Crippen LogP contribution in [0.25, 0.3) is 11.2 Å². The van der Waals surface area contributed by atoms with E-state index in [0.29, 0.717) is 6.04 Å². The summed E-state index contributed by atoms with van der Waals surface area (Å²) in [6, 6.07) is 0.648. The smallest absolute Gasteiger partial charge is 0.182 e. The zero-order chi connectivity index (χ0) is 13.1. The number of nitrogens with one attached hydrogen (secondary N) is 2. The zero-order valence-electron chi connectivity index (χ0n) is 11.3. The lowest BCUT2D eigenvalue weighted by atomic mass is 10.0. The molecule has 0 aliphatic carbocycles. The lowest BCUT2D eigenvalue weighted by Gasteiger charge is -2.33. The van der Waals surface area contributed by atoms with Gasteiger partial charge in [-0.2, -0.15) is 0 Å². The zero-order valence-corrected chi connectivity index (χ0v) is 11.3. The summed E-state index contributed by atoms with van der Waals surface area (Å²) in [5.74, 6) is 0.983. The molecule has 2 aromatic heterocycles. The van der Waals surface area contributed by atoms with Crippen molar-refractivity contribution in [3.63, 3.8) is 0 Å². The van der Waals surface area contributed by atoms with Gasteiger partial charge in [-0.25, -0.2) is 15.0 Å². The normalized spacial score (nSPS) is 17.2. The van der Waals surface area contributed by atoms with Crippen molar-refractivity contribution in [2.24, 2.45) is 0 Å². The van der Waals surface area contributed by atoms with Gasteiger partial charge in [-0.3, -0.25) is 0 Å². The van der Waals surface area contributed by atoms with E-state index in [9.17, 15) is 0 Å². The lowest BCUT2D eigenvalue weighted by molar-refractivity contribution is 0.415. The van der Waals surface area contributed by atoms with E-state index in [1.165, 1.54) is 19.3 Å². The first-order valence-corrected chi connectivity index (χ1v) is 7.01. The van der Waals surface area contributed by atoms with Crippen molar-refractivity contribution >= 4 is 17.0 Å². The number of piperidine rings is 1. The van der Waals surface area contributed by atoms with Gasteiger partial charge < -0.3 is 15.2 Å². The van der Waals surface area contributed by atoms with Crippen molar-refractivity contribution in [3.8, 4) is 0 Å². The molecule has 0 unspecified atom stereocenters. The van der Waals surface area contributed by atoms with Crippen molar-refractivity contribution in [3.05, 3.63) is 12.7 Å². The van der Waals surface area contributed by atoms with Gasteiger partial charge in [-0.1, -0.05) is 6.92 Å². The first-order valence-electron chi connectivity index (χ1n) is 7.01. The standard InChI is InChI=1S/C13H20N6/c1-2-5-14-10-3-6-19(7-4-10)13-11-12(16-8-15-11)17-9-18-13/h8-10,14H,2-7H2,1H3,(H,15,16,17,18). The van der Waals surface area contributed by atoms with Crippen LogP contribution in [0.1, 0.15) is 26.2 Å². The minimum Gasteiger partial charge on any atom is -0.355 e. The molecule has 3 rings (SSSR count). The van der Waals surface area contributed by atoms with Crippen molar-refractivity contribution < 1.29 is 0 Å². The topological polar surface area (TPSA) is 69.7 Å². The van der Waals surface area contributed by atoms with Gasteiger partial charge in [0.25, 0.3) is 0 Å². The molecule has 0 saturated carbocycles. The molecule has 1 fully saturated rings. The number of fused-ring (bicyclic) bond motifs is 1. The third-order valence-corrected chi connectivity index (χ3v) is 3.68. The highest BCUT2D eigenvalue weighted by molar-refractivity contribution is 5.82. The first kappa shape index (κ1) is 12.3. The minimum absolute atomic E-state index is 0.648. The van der Waals surface area contributed by atoms with Crippen molar-refractivity contribution in [2.75, 3.05) is 24.5 Å². The summed E-state index contributed by atoms with van der Waals surface area (Å²) >= 11 is 0. The molecule has 19 heavy (non-hydrogen) atoms. The highest BCUT2D eigenvalue weighted by Crippen LogP contribution is 2.23. The molecular weight excluding hydrogens is 240 g/mol. The van der Waals surface area contributed by atoms with Crippen LogP contribution in [0.4, 0.5) is 5.82 Å². The second kappa shape index (κ2) is 5.52. The third-order valence-electron chi connectivity index (χ3n) is 3.68. The van der Waals surface area contributed by atoms with Gasteiger partial charge in [-0.05, 0) is 25.8 Å². The molecule has 0 aromatic carbocycles. The van der Waals surface area contributed by atoms with Gasteiger partial charge in [0.2, 0.25) is 0 Å².